The summed E-state index contributed by atoms with van der Waals surface area (Å²) in [4.78, 5) is 27.4. The zero-order valence-corrected chi connectivity index (χ0v) is 20.9. The van der Waals surface area contributed by atoms with Crippen molar-refractivity contribution in [3.8, 4) is 5.75 Å². The first kappa shape index (κ1) is 26.2. The number of ether oxygens (including phenoxy) is 1. The molecule has 1 N–H and O–H groups in total. The van der Waals surface area contributed by atoms with Gasteiger partial charge in [-0.05, 0) is 68.7 Å². The number of aryl methyl sites for hydroxylation is 2. The molecule has 2 aromatic carbocycles. The molecule has 8 nitrogen and oxygen atoms in total. The van der Waals surface area contributed by atoms with Gasteiger partial charge < -0.3 is 15.0 Å². The third-order valence-corrected chi connectivity index (χ3v) is 6.34. The van der Waals surface area contributed by atoms with Crippen molar-refractivity contribution in [2.45, 2.75) is 40.3 Å². The monoisotopic (exact) mass is 475 g/mol. The van der Waals surface area contributed by atoms with E-state index in [1.54, 1.807) is 45.2 Å². The van der Waals surface area contributed by atoms with Crippen LogP contribution in [0.4, 0.5) is 5.69 Å². The van der Waals surface area contributed by atoms with Crippen LogP contribution in [0, 0.1) is 13.8 Å². The minimum atomic E-state index is -3.75. The molecule has 0 fully saturated rings. The Hall–Kier alpha value is -3.07. The molecule has 1 atom stereocenters. The van der Waals surface area contributed by atoms with Crippen LogP contribution in [-0.4, -0.2) is 57.6 Å². The van der Waals surface area contributed by atoms with Gasteiger partial charge in [0.2, 0.25) is 21.8 Å². The Morgan fingerprint density at radius 3 is 2.12 bits per heavy atom. The molecule has 0 radical (unpaired) electrons. The maximum absolute atomic E-state index is 13.4. The smallest absolute Gasteiger partial charge is 0.244 e. The SMILES string of the molecule is CCNC(=O)[C@H](C)N(Cc1ccc(OC)cc1)C(=O)CN(c1cc(C)cc(C)c1)S(C)(=O)=O. The van der Waals surface area contributed by atoms with Gasteiger partial charge in [0.05, 0.1) is 19.1 Å². The van der Waals surface area contributed by atoms with E-state index in [0.717, 1.165) is 27.3 Å². The van der Waals surface area contributed by atoms with Gasteiger partial charge in [0, 0.05) is 13.1 Å². The summed E-state index contributed by atoms with van der Waals surface area (Å²) in [5.41, 5.74) is 2.98. The summed E-state index contributed by atoms with van der Waals surface area (Å²) in [5.74, 6) is -0.114. The normalized spacial score (nSPS) is 12.1. The Kier molecular flexibility index (Phi) is 8.87. The average Bonchev–Trinajstić information content (AvgIpc) is 2.74. The second kappa shape index (κ2) is 11.2. The summed E-state index contributed by atoms with van der Waals surface area (Å²) in [6.07, 6.45) is 1.07. The van der Waals surface area contributed by atoms with Crippen LogP contribution in [0.25, 0.3) is 0 Å². The fourth-order valence-electron chi connectivity index (χ4n) is 3.54. The maximum atomic E-state index is 13.4. The number of nitrogens with zero attached hydrogens (tertiary/aromatic N) is 2. The number of anilines is 1. The summed E-state index contributed by atoms with van der Waals surface area (Å²) in [6.45, 7) is 7.32. The molecule has 0 bridgehead atoms. The molecule has 0 aliphatic rings. The van der Waals surface area contributed by atoms with Crippen LogP contribution < -0.4 is 14.4 Å². The van der Waals surface area contributed by atoms with E-state index >= 15 is 0 Å². The summed E-state index contributed by atoms with van der Waals surface area (Å²) < 4.78 is 31.5. The number of hydrogen-bond acceptors (Lipinski definition) is 5. The molecule has 0 aromatic heterocycles. The van der Waals surface area contributed by atoms with Crippen LogP contribution in [0.3, 0.4) is 0 Å². The van der Waals surface area contributed by atoms with Gasteiger partial charge in [-0.1, -0.05) is 18.2 Å². The third kappa shape index (κ3) is 7.21. The molecule has 180 valence electrons. The number of sulfonamides is 1. The van der Waals surface area contributed by atoms with Crippen molar-refractivity contribution in [2.24, 2.45) is 0 Å². The van der Waals surface area contributed by atoms with Crippen LogP contribution in [0.1, 0.15) is 30.5 Å². The van der Waals surface area contributed by atoms with Gasteiger partial charge in [-0.2, -0.15) is 0 Å². The van der Waals surface area contributed by atoms with Crippen molar-refractivity contribution >= 4 is 27.5 Å². The molecule has 0 spiro atoms. The van der Waals surface area contributed by atoms with Crippen LogP contribution in [0.15, 0.2) is 42.5 Å². The molecule has 0 saturated heterocycles. The second-order valence-corrected chi connectivity index (χ2v) is 9.96. The third-order valence-electron chi connectivity index (χ3n) is 5.20. The van der Waals surface area contributed by atoms with Gasteiger partial charge >= 0.3 is 0 Å². The number of likely N-dealkylation sites (N-methyl/N-ethyl adjacent to an activating group) is 1. The predicted molar refractivity (Wildman–Crippen MR) is 130 cm³/mol. The van der Waals surface area contributed by atoms with Crippen LogP contribution in [-0.2, 0) is 26.2 Å². The molecule has 0 heterocycles. The number of rotatable bonds is 10. The van der Waals surface area contributed by atoms with E-state index in [0.29, 0.717) is 18.0 Å². The van der Waals surface area contributed by atoms with Crippen molar-refractivity contribution in [3.63, 3.8) is 0 Å². The number of amides is 2. The van der Waals surface area contributed by atoms with Crippen LogP contribution >= 0.6 is 0 Å². The zero-order chi connectivity index (χ0) is 24.8. The van der Waals surface area contributed by atoms with Gasteiger partial charge in [-0.25, -0.2) is 8.42 Å². The molecule has 9 heteroatoms. The first-order chi connectivity index (χ1) is 15.5. The van der Waals surface area contributed by atoms with Gasteiger partial charge in [-0.15, -0.1) is 0 Å². The van der Waals surface area contributed by atoms with Gasteiger partial charge in [0.15, 0.2) is 0 Å². The number of nitrogens with one attached hydrogen (secondary N) is 1. The molecule has 2 aromatic rings. The zero-order valence-electron chi connectivity index (χ0n) is 20.1. The molecular formula is C24H33N3O5S. The van der Waals surface area contributed by atoms with E-state index in [1.807, 2.05) is 32.0 Å². The maximum Gasteiger partial charge on any atom is 0.244 e. The lowest BCUT2D eigenvalue weighted by molar-refractivity contribution is -0.139. The Morgan fingerprint density at radius 2 is 1.64 bits per heavy atom. The first-order valence-electron chi connectivity index (χ1n) is 10.7. The highest BCUT2D eigenvalue weighted by Gasteiger charge is 2.30. The molecule has 0 saturated carbocycles. The number of carbonyl (C=O) groups is 2. The Morgan fingerprint density at radius 1 is 1.06 bits per heavy atom. The lowest BCUT2D eigenvalue weighted by Gasteiger charge is -2.31. The summed E-state index contributed by atoms with van der Waals surface area (Å²) in [7, 11) is -2.19. The Labute approximate surface area is 196 Å². The Bertz CT molecular complexity index is 1060. The molecular weight excluding hydrogens is 442 g/mol. The number of hydrogen-bond donors (Lipinski definition) is 1. The molecule has 0 aliphatic carbocycles. The van der Waals surface area contributed by atoms with Crippen molar-refractivity contribution in [2.75, 3.05) is 30.8 Å². The van der Waals surface area contributed by atoms with E-state index in [1.165, 1.54) is 4.90 Å². The molecule has 2 amide bonds. The minimum Gasteiger partial charge on any atom is -0.497 e. The largest absolute Gasteiger partial charge is 0.497 e. The van der Waals surface area contributed by atoms with Crippen molar-refractivity contribution < 1.29 is 22.7 Å². The number of carbonyl (C=O) groups excluding carboxylic acids is 2. The average molecular weight is 476 g/mol. The molecule has 0 aliphatic heterocycles. The lowest BCUT2D eigenvalue weighted by atomic mass is 10.1. The van der Waals surface area contributed by atoms with E-state index in [2.05, 4.69) is 5.32 Å². The first-order valence-corrected chi connectivity index (χ1v) is 12.6. The topological polar surface area (TPSA) is 96.0 Å². The van der Waals surface area contributed by atoms with Crippen LogP contribution in [0.2, 0.25) is 0 Å². The van der Waals surface area contributed by atoms with E-state index < -0.39 is 28.5 Å². The van der Waals surface area contributed by atoms with E-state index in [9.17, 15) is 18.0 Å². The lowest BCUT2D eigenvalue weighted by Crippen LogP contribution is -2.51. The summed E-state index contributed by atoms with van der Waals surface area (Å²) >= 11 is 0. The highest BCUT2D eigenvalue weighted by atomic mass is 32.2. The van der Waals surface area contributed by atoms with E-state index in [4.69, 9.17) is 4.74 Å². The van der Waals surface area contributed by atoms with Crippen molar-refractivity contribution in [1.82, 2.24) is 10.2 Å². The van der Waals surface area contributed by atoms with Crippen LogP contribution in [0.5, 0.6) is 5.75 Å². The molecule has 2 rings (SSSR count). The highest BCUT2D eigenvalue weighted by Crippen LogP contribution is 2.22. The van der Waals surface area contributed by atoms with Gasteiger partial charge in [-0.3, -0.25) is 13.9 Å². The number of benzene rings is 2. The Balaban J connectivity index is 2.40. The fourth-order valence-corrected chi connectivity index (χ4v) is 4.37. The molecule has 33 heavy (non-hydrogen) atoms. The fraction of sp³-hybridized carbons (Fsp3) is 0.417. The predicted octanol–water partition coefficient (Wildman–Crippen LogP) is 2.63. The second-order valence-electron chi connectivity index (χ2n) is 8.06. The standard InChI is InChI=1S/C24H33N3O5S/c1-7-25-24(29)19(4)26(15-20-8-10-22(32-5)11-9-20)23(28)16-27(33(6,30)31)21-13-17(2)12-18(3)14-21/h8-14,19H,7,15-16H2,1-6H3,(H,25,29)/t19-/m0/s1. The van der Waals surface area contributed by atoms with Gasteiger partial charge in [0.1, 0.15) is 18.3 Å². The van der Waals surface area contributed by atoms with Crippen molar-refractivity contribution in [3.05, 3.63) is 59.2 Å². The number of methoxy groups -OCH3 is 1. The quantitative estimate of drug-likeness (QED) is 0.570. The van der Waals surface area contributed by atoms with Gasteiger partial charge in [0.25, 0.3) is 0 Å². The van der Waals surface area contributed by atoms with E-state index in [-0.39, 0.29) is 12.5 Å². The summed E-state index contributed by atoms with van der Waals surface area (Å²) in [6, 6.07) is 11.7. The highest BCUT2D eigenvalue weighted by molar-refractivity contribution is 7.92. The molecule has 0 unspecified atom stereocenters. The minimum absolute atomic E-state index is 0.144. The van der Waals surface area contributed by atoms with Crippen molar-refractivity contribution in [1.29, 1.82) is 0 Å². The summed E-state index contributed by atoms with van der Waals surface area (Å²) in [5, 5.41) is 2.73.